The van der Waals surface area contributed by atoms with E-state index in [0.717, 1.165) is 6.92 Å². The number of aliphatic hydroxyl groups excluding tert-OH is 1. The minimum Gasteiger partial charge on any atom is -0.481 e. The van der Waals surface area contributed by atoms with E-state index in [-0.39, 0.29) is 50.8 Å². The molecular weight excluding hydrogens is 1660 g/mol. The second kappa shape index (κ2) is 55.5. The van der Waals surface area contributed by atoms with E-state index >= 15 is 0 Å². The predicted octanol–water partition coefficient (Wildman–Crippen LogP) is -5.63. The molecule has 46 heteroatoms. The number of aliphatic hydroxyl groups is 1. The minimum atomic E-state index is -2.00. The number of rotatable bonds is 58. The van der Waals surface area contributed by atoms with E-state index in [4.69, 9.17) is 16.6 Å². The lowest BCUT2D eigenvalue weighted by Crippen LogP contribution is -2.63. The molecule has 1 aliphatic heterocycles. The second-order valence-electron chi connectivity index (χ2n) is 30.1. The van der Waals surface area contributed by atoms with Gasteiger partial charge in [-0.25, -0.2) is 4.79 Å². The van der Waals surface area contributed by atoms with Gasteiger partial charge in [0.05, 0.1) is 31.4 Å². The first-order valence-electron chi connectivity index (χ1n) is 39.8. The molecule has 25 N–H and O–H groups in total. The fraction of sp³-hybridized carbons (Fsp3) is 0.658. The molecule has 43 nitrogen and oxygen atoms in total. The number of nitrogens with two attached hydrogens (primary N) is 2. The highest BCUT2D eigenvalue weighted by atomic mass is 32.2. The Hall–Kier alpha value is -10.4. The molecule has 1 fully saturated rings. The molecule has 0 saturated carbocycles. The van der Waals surface area contributed by atoms with Crippen LogP contribution in [0.5, 0.6) is 0 Å². The number of thiol groups is 1. The molecule has 0 unspecified atom stereocenters. The van der Waals surface area contributed by atoms with Crippen molar-refractivity contribution in [2.45, 2.75) is 255 Å². The summed E-state index contributed by atoms with van der Waals surface area (Å²) in [6.07, 6.45) is -1.06. The Morgan fingerprint density at radius 2 is 0.828 bits per heavy atom. The first-order chi connectivity index (χ1) is 57.3. The Balaban J connectivity index is 2.39. The molecule has 122 heavy (non-hydrogen) atoms. The van der Waals surface area contributed by atoms with Crippen LogP contribution in [0.2, 0.25) is 0 Å². The number of carboxylic acid groups (broad SMARTS) is 4. The van der Waals surface area contributed by atoms with E-state index in [1.165, 1.54) is 65.1 Å². The average molecular weight is 1780 g/mol. The molecule has 0 radical (unpaired) electrons. The fourth-order valence-corrected chi connectivity index (χ4v) is 13.2. The van der Waals surface area contributed by atoms with Crippen LogP contribution in [0, 0.1) is 17.8 Å². The standard InChI is InChI=1S/C76H122N18O25S3/c1-12-38(6)59(93-62(104)40(8)81-64(106)45(25-29-121-10)82-67(109)50(33-55(99)100)86-63(105)43-22-18-28-79-43)74(116)84-46(26-30-122-11)65(107)80-39(7)61(103)91-57(36(2)3)73(115)89-49(32-53(78)96)70(112)94-60(41(9)95)75(117)88-48(31-42-19-14-13-15-20-42)69(111)92-58(37(4)5)72(114)83-44(21-16-17-27-77)66(108)87-51(34-56(101)102)68(110)90-52(35-120)71(113)85-47(76(118)119)23-24-54(97)98/h13-15,19-20,36-41,43-52,57-60,79,95,120H,12,16-18,21-35,77H2,1-11H3,(H2,78,96)(H,80,107)(H,81,106)(H,82,109)(H,83,114)(H,84,116)(H,85,113)(H,86,105)(H,87,108)(H,88,117)(H,89,115)(H,90,110)(H,91,103)(H,92,111)(H,93,104)(H,94,112)(H,97,98)(H,99,100)(H,101,102)(H,118,119)/t38-,39-,40-,41+,43-,44-,45-,46-,47-,48-,49-,50-,51-,52-,57-,58-,59-,60-/m0/s1. The third-order valence-electron chi connectivity index (χ3n) is 19.4. The van der Waals surface area contributed by atoms with Crippen molar-refractivity contribution in [3.05, 3.63) is 35.9 Å². The van der Waals surface area contributed by atoms with Crippen molar-refractivity contribution in [3.8, 4) is 0 Å². The molecule has 0 aliphatic carbocycles. The monoisotopic (exact) mass is 1780 g/mol. The summed E-state index contributed by atoms with van der Waals surface area (Å²) in [5.41, 5.74) is 11.7. The van der Waals surface area contributed by atoms with Gasteiger partial charge in [-0.1, -0.05) is 78.3 Å². The quantitative estimate of drug-likeness (QED) is 0.0214. The van der Waals surface area contributed by atoms with E-state index in [1.54, 1.807) is 56.7 Å². The number of hydrogen-bond acceptors (Lipinski definition) is 26. The molecular formula is C76H122N18O25S3. The van der Waals surface area contributed by atoms with Gasteiger partial charge in [-0.15, -0.1) is 0 Å². The highest BCUT2D eigenvalue weighted by Gasteiger charge is 2.41. The maximum absolute atomic E-state index is 14.6. The van der Waals surface area contributed by atoms with Crippen LogP contribution in [0.3, 0.4) is 0 Å². The maximum atomic E-state index is 14.6. The van der Waals surface area contributed by atoms with Gasteiger partial charge >= 0.3 is 23.9 Å². The topological polar surface area (TPSA) is 687 Å². The van der Waals surface area contributed by atoms with Gasteiger partial charge in [-0.3, -0.25) is 91.1 Å². The summed E-state index contributed by atoms with van der Waals surface area (Å²) in [6.45, 7) is 13.6. The van der Waals surface area contributed by atoms with E-state index in [1.807, 2.05) is 0 Å². The molecule has 684 valence electrons. The molecule has 2 rings (SSSR count). The number of aliphatic carboxylic acids is 4. The van der Waals surface area contributed by atoms with Gasteiger partial charge < -0.3 is 122 Å². The summed E-state index contributed by atoms with van der Waals surface area (Å²) >= 11 is 6.66. The first kappa shape index (κ1) is 108. The van der Waals surface area contributed by atoms with Crippen molar-refractivity contribution in [1.29, 1.82) is 0 Å². The molecule has 18 atom stereocenters. The highest BCUT2D eigenvalue weighted by molar-refractivity contribution is 7.98. The number of amides is 16. The van der Waals surface area contributed by atoms with E-state index < -0.39 is 277 Å². The summed E-state index contributed by atoms with van der Waals surface area (Å²) in [7, 11) is 0. The maximum Gasteiger partial charge on any atom is 0.326 e. The van der Waals surface area contributed by atoms with Crippen LogP contribution in [0.15, 0.2) is 30.3 Å². The zero-order valence-corrected chi connectivity index (χ0v) is 72.7. The Labute approximate surface area is 720 Å². The number of unbranched alkanes of at least 4 members (excludes halogenated alkanes) is 1. The van der Waals surface area contributed by atoms with E-state index in [9.17, 15) is 116 Å². The van der Waals surface area contributed by atoms with Crippen LogP contribution in [0.25, 0.3) is 0 Å². The fourth-order valence-electron chi connectivity index (χ4n) is 12.0. The lowest BCUT2D eigenvalue weighted by atomic mass is 9.97. The molecule has 16 amide bonds. The van der Waals surface area contributed by atoms with Gasteiger partial charge in [0.1, 0.15) is 90.6 Å². The SMILES string of the molecule is CC[C@H](C)[C@H](NC(=O)[C@H](C)NC(=O)[C@H](CCSC)NC(=O)[C@H](CC(=O)O)NC(=O)[C@@H]1CCCN1)C(=O)N[C@@H](CCSC)C(=O)N[C@@H](C)C(=O)N[C@H](C(=O)N[C@@H](CC(N)=O)C(=O)N[C@H](C(=O)N[C@@H](Cc1ccccc1)C(=O)N[C@H](C(=O)N[C@@H](CCCCN)C(=O)N[C@@H](CC(=O)O)C(=O)N[C@@H](CS)C(=O)N[C@@H](CCC(=O)O)C(=O)O)C(C)C)[C@@H](C)O)C(C)C. The Morgan fingerprint density at radius 1 is 0.443 bits per heavy atom. The summed E-state index contributed by atoms with van der Waals surface area (Å²) in [5.74, 6) is -24.5. The van der Waals surface area contributed by atoms with E-state index in [0.29, 0.717) is 37.1 Å². The molecule has 1 aromatic rings. The Kier molecular flexibility index (Phi) is 49.0. The lowest BCUT2D eigenvalue weighted by Gasteiger charge is -2.30. The third kappa shape index (κ3) is 38.7. The average Bonchev–Trinajstić information content (AvgIpc) is 0.902. The smallest absolute Gasteiger partial charge is 0.326 e. The van der Waals surface area contributed by atoms with Crippen molar-refractivity contribution in [2.24, 2.45) is 29.2 Å². The van der Waals surface area contributed by atoms with E-state index in [2.05, 4.69) is 97.7 Å². The van der Waals surface area contributed by atoms with Crippen LogP contribution in [-0.2, 0) is 102 Å². The zero-order chi connectivity index (χ0) is 92.4. The molecule has 0 aromatic heterocycles. The molecule has 1 aromatic carbocycles. The summed E-state index contributed by atoms with van der Waals surface area (Å²) in [4.78, 5) is 269. The molecule has 1 aliphatic rings. The number of primary amides is 1. The normalized spacial score (nSPS) is 16.6. The van der Waals surface area contributed by atoms with Crippen molar-refractivity contribution in [3.63, 3.8) is 0 Å². The number of benzene rings is 1. The van der Waals surface area contributed by atoms with Gasteiger partial charge in [0.2, 0.25) is 94.5 Å². The second-order valence-corrected chi connectivity index (χ2v) is 32.4. The number of nitrogens with one attached hydrogen (secondary N) is 16. The van der Waals surface area contributed by atoms with Crippen LogP contribution in [0.4, 0.5) is 0 Å². The highest BCUT2D eigenvalue weighted by Crippen LogP contribution is 2.16. The van der Waals surface area contributed by atoms with Crippen molar-refractivity contribution in [1.82, 2.24) is 85.1 Å². The number of carboxylic acids is 4. The molecule has 1 heterocycles. The number of carbonyl (C=O) groups excluding carboxylic acids is 16. The largest absolute Gasteiger partial charge is 0.481 e. The van der Waals surface area contributed by atoms with Crippen LogP contribution in [0.1, 0.15) is 151 Å². The summed E-state index contributed by atoms with van der Waals surface area (Å²) in [5, 5.41) is 88.5. The van der Waals surface area contributed by atoms with Gasteiger partial charge in [-0.2, -0.15) is 36.2 Å². The van der Waals surface area contributed by atoms with Gasteiger partial charge in [0, 0.05) is 18.6 Å². The summed E-state index contributed by atoms with van der Waals surface area (Å²) < 4.78 is 0. The predicted molar refractivity (Wildman–Crippen MR) is 448 cm³/mol. The van der Waals surface area contributed by atoms with Crippen molar-refractivity contribution >= 4 is 155 Å². The van der Waals surface area contributed by atoms with Gasteiger partial charge in [0.15, 0.2) is 0 Å². The molecule has 1 saturated heterocycles. The first-order valence-corrected chi connectivity index (χ1v) is 43.2. The molecule has 0 spiro atoms. The third-order valence-corrected chi connectivity index (χ3v) is 21.0. The Bertz CT molecular complexity index is 3770. The van der Waals surface area contributed by atoms with Crippen molar-refractivity contribution in [2.75, 3.05) is 42.9 Å². The van der Waals surface area contributed by atoms with Crippen LogP contribution >= 0.6 is 36.2 Å². The minimum absolute atomic E-state index is 0.0186. The van der Waals surface area contributed by atoms with Crippen LogP contribution in [-0.4, -0.2) is 290 Å². The Morgan fingerprint density at radius 3 is 1.27 bits per heavy atom. The van der Waals surface area contributed by atoms with Gasteiger partial charge in [-0.05, 0) is 133 Å². The number of thioether (sulfide) groups is 2. The zero-order valence-electron chi connectivity index (χ0n) is 70.2. The summed E-state index contributed by atoms with van der Waals surface area (Å²) in [6, 6.07) is -16.7. The van der Waals surface area contributed by atoms with Crippen molar-refractivity contribution < 1.29 is 121 Å². The molecule has 0 bridgehead atoms. The lowest BCUT2D eigenvalue weighted by molar-refractivity contribution is -0.144. The van der Waals surface area contributed by atoms with Gasteiger partial charge in [0.25, 0.3) is 0 Å². The number of hydrogen-bond donors (Lipinski definition) is 24. The number of carbonyl (C=O) groups is 20. The van der Waals surface area contributed by atoms with Crippen LogP contribution < -0.4 is 96.5 Å².